The summed E-state index contributed by atoms with van der Waals surface area (Å²) in [6, 6.07) is 11.9. The van der Waals surface area contributed by atoms with Crippen molar-refractivity contribution in [1.82, 2.24) is 9.71 Å². The largest absolute Gasteiger partial charge is 0.468 e. The molecule has 0 radical (unpaired) electrons. The van der Waals surface area contributed by atoms with E-state index in [1.165, 1.54) is 55.1 Å². The van der Waals surface area contributed by atoms with E-state index in [-0.39, 0.29) is 22.7 Å². The normalized spacial score (nSPS) is 11.0. The fourth-order valence-electron chi connectivity index (χ4n) is 2.30. The predicted molar refractivity (Wildman–Crippen MR) is 102 cm³/mol. The van der Waals surface area contributed by atoms with Crippen LogP contribution in [-0.4, -0.2) is 31.9 Å². The lowest BCUT2D eigenvalue weighted by molar-refractivity contribution is -0.119. The summed E-state index contributed by atoms with van der Waals surface area (Å²) in [7, 11) is -3.81. The Kier molecular flexibility index (Phi) is 6.37. The molecular weight excluding hydrogens is 398 g/mol. The maximum absolute atomic E-state index is 12.4. The number of ether oxygens (including phenoxy) is 1. The number of benzene rings is 1. The van der Waals surface area contributed by atoms with Crippen LogP contribution in [0.5, 0.6) is 0 Å². The Labute approximate surface area is 166 Å². The molecule has 0 aliphatic heterocycles. The summed E-state index contributed by atoms with van der Waals surface area (Å²) in [6.45, 7) is -0.522. The number of pyridine rings is 1. The van der Waals surface area contributed by atoms with Gasteiger partial charge in [0.1, 0.15) is 5.76 Å². The molecule has 29 heavy (non-hydrogen) atoms. The highest BCUT2D eigenvalue weighted by molar-refractivity contribution is 7.89. The average Bonchev–Trinajstić information content (AvgIpc) is 3.25. The first-order valence-corrected chi connectivity index (χ1v) is 9.91. The van der Waals surface area contributed by atoms with E-state index in [1.807, 2.05) is 0 Å². The van der Waals surface area contributed by atoms with Crippen LogP contribution in [0.15, 0.2) is 76.5 Å². The number of carbonyl (C=O) groups excluding carboxylic acids is 2. The van der Waals surface area contributed by atoms with Gasteiger partial charge >= 0.3 is 5.97 Å². The van der Waals surface area contributed by atoms with E-state index >= 15 is 0 Å². The molecule has 10 heteroatoms. The van der Waals surface area contributed by atoms with Crippen LogP contribution < -0.4 is 10.0 Å². The first kappa shape index (κ1) is 20.2. The monoisotopic (exact) mass is 415 g/mol. The minimum Gasteiger partial charge on any atom is -0.468 e. The molecule has 0 saturated heterocycles. The summed E-state index contributed by atoms with van der Waals surface area (Å²) < 4.78 is 37.2. The summed E-state index contributed by atoms with van der Waals surface area (Å²) in [6.07, 6.45) is 4.31. The van der Waals surface area contributed by atoms with Crippen LogP contribution in [0, 0.1) is 0 Å². The van der Waals surface area contributed by atoms with Crippen molar-refractivity contribution in [3.63, 3.8) is 0 Å². The Bertz CT molecular complexity index is 1080. The lowest BCUT2D eigenvalue weighted by atomic mass is 10.3. The summed E-state index contributed by atoms with van der Waals surface area (Å²) in [5, 5.41) is 2.49. The number of sulfonamides is 1. The lowest BCUT2D eigenvalue weighted by Crippen LogP contribution is -2.24. The van der Waals surface area contributed by atoms with Gasteiger partial charge in [-0.25, -0.2) is 17.9 Å². The smallest absolute Gasteiger partial charge is 0.338 e. The van der Waals surface area contributed by atoms with E-state index < -0.39 is 28.5 Å². The number of anilines is 1. The third-order valence-corrected chi connectivity index (χ3v) is 5.09. The van der Waals surface area contributed by atoms with Crippen LogP contribution in [0.3, 0.4) is 0 Å². The Morgan fingerprint density at radius 2 is 1.86 bits per heavy atom. The molecule has 2 heterocycles. The zero-order chi connectivity index (χ0) is 20.7. The molecule has 2 aromatic heterocycles. The molecule has 3 aromatic rings. The van der Waals surface area contributed by atoms with Crippen molar-refractivity contribution in [2.45, 2.75) is 11.4 Å². The van der Waals surface area contributed by atoms with Gasteiger partial charge in [-0.05, 0) is 42.5 Å². The fraction of sp³-hybridized carbons (Fsp3) is 0.105. The highest BCUT2D eigenvalue weighted by atomic mass is 32.2. The summed E-state index contributed by atoms with van der Waals surface area (Å²) in [4.78, 5) is 27.6. The van der Waals surface area contributed by atoms with Gasteiger partial charge in [0.2, 0.25) is 10.0 Å². The molecule has 0 atom stereocenters. The zero-order valence-electron chi connectivity index (χ0n) is 15.1. The van der Waals surface area contributed by atoms with Crippen molar-refractivity contribution in [2.75, 3.05) is 11.9 Å². The van der Waals surface area contributed by atoms with Gasteiger partial charge in [-0.2, -0.15) is 0 Å². The molecule has 1 amide bonds. The second-order valence-corrected chi connectivity index (χ2v) is 7.56. The Balaban J connectivity index is 1.57. The van der Waals surface area contributed by atoms with Crippen LogP contribution >= 0.6 is 0 Å². The first-order chi connectivity index (χ1) is 13.9. The van der Waals surface area contributed by atoms with Crippen LogP contribution in [-0.2, 0) is 26.1 Å². The summed E-state index contributed by atoms with van der Waals surface area (Å²) >= 11 is 0. The third-order valence-electron chi connectivity index (χ3n) is 3.69. The minimum absolute atomic E-state index is 0.00310. The highest BCUT2D eigenvalue weighted by Gasteiger charge is 2.16. The lowest BCUT2D eigenvalue weighted by Gasteiger charge is -2.09. The molecule has 2 N–H and O–H groups in total. The van der Waals surface area contributed by atoms with Gasteiger partial charge in [0, 0.05) is 18.1 Å². The van der Waals surface area contributed by atoms with Gasteiger partial charge in [0.15, 0.2) is 6.61 Å². The molecule has 0 saturated carbocycles. The first-order valence-electron chi connectivity index (χ1n) is 8.43. The summed E-state index contributed by atoms with van der Waals surface area (Å²) in [5.41, 5.74) is 0.513. The zero-order valence-corrected chi connectivity index (χ0v) is 15.9. The molecule has 0 aliphatic carbocycles. The van der Waals surface area contributed by atoms with Crippen molar-refractivity contribution in [3.05, 3.63) is 78.5 Å². The van der Waals surface area contributed by atoms with E-state index in [2.05, 4.69) is 15.0 Å². The van der Waals surface area contributed by atoms with Crippen molar-refractivity contribution in [2.24, 2.45) is 0 Å². The fourth-order valence-corrected chi connectivity index (χ4v) is 3.34. The van der Waals surface area contributed by atoms with Crippen LogP contribution in [0.4, 0.5) is 5.69 Å². The van der Waals surface area contributed by atoms with Crippen LogP contribution in [0.1, 0.15) is 16.1 Å². The number of amides is 1. The number of carbonyl (C=O) groups is 2. The quantitative estimate of drug-likeness (QED) is 0.538. The molecule has 0 spiro atoms. The highest BCUT2D eigenvalue weighted by Crippen LogP contribution is 2.16. The predicted octanol–water partition coefficient (Wildman–Crippen LogP) is 1.95. The van der Waals surface area contributed by atoms with Gasteiger partial charge in [0.25, 0.3) is 5.91 Å². The Morgan fingerprint density at radius 1 is 1.07 bits per heavy atom. The number of rotatable bonds is 8. The van der Waals surface area contributed by atoms with Gasteiger partial charge in [0.05, 0.1) is 23.3 Å². The second kappa shape index (κ2) is 9.13. The summed E-state index contributed by atoms with van der Waals surface area (Å²) in [5.74, 6) is -0.805. The molecule has 9 nitrogen and oxygen atoms in total. The van der Waals surface area contributed by atoms with Crippen molar-refractivity contribution in [1.29, 1.82) is 0 Å². The van der Waals surface area contributed by atoms with E-state index in [1.54, 1.807) is 12.1 Å². The van der Waals surface area contributed by atoms with Crippen LogP contribution in [0.2, 0.25) is 0 Å². The number of nitrogens with zero attached hydrogens (tertiary/aromatic N) is 1. The van der Waals surface area contributed by atoms with Gasteiger partial charge in [-0.1, -0.05) is 6.07 Å². The molecule has 0 bridgehead atoms. The van der Waals surface area contributed by atoms with Gasteiger partial charge in [-0.3, -0.25) is 9.78 Å². The van der Waals surface area contributed by atoms with Crippen molar-refractivity contribution < 1.29 is 27.2 Å². The molecule has 0 aliphatic rings. The number of aromatic nitrogens is 1. The number of nitrogens with one attached hydrogen (secondary N) is 2. The molecule has 1 aromatic carbocycles. The maximum atomic E-state index is 12.4. The van der Waals surface area contributed by atoms with Crippen molar-refractivity contribution in [3.8, 4) is 0 Å². The van der Waals surface area contributed by atoms with Crippen LogP contribution in [0.25, 0.3) is 0 Å². The SMILES string of the molecule is O=C(COC(=O)c1ccncc1)Nc1cccc(S(=O)(=O)NCc2ccco2)c1. The molecule has 0 fully saturated rings. The van der Waals surface area contributed by atoms with E-state index in [9.17, 15) is 18.0 Å². The van der Waals surface area contributed by atoms with Gasteiger partial charge in [-0.15, -0.1) is 0 Å². The number of esters is 1. The molecule has 3 rings (SSSR count). The minimum atomic E-state index is -3.81. The number of hydrogen-bond acceptors (Lipinski definition) is 7. The van der Waals surface area contributed by atoms with E-state index in [4.69, 9.17) is 9.15 Å². The molecular formula is C19H17N3O6S. The molecule has 150 valence electrons. The standard InChI is InChI=1S/C19H17N3O6S/c23-18(13-28-19(24)14-6-8-20-9-7-14)22-15-3-1-5-17(11-15)29(25,26)21-12-16-4-2-10-27-16/h1-11,21H,12-13H2,(H,22,23). The maximum Gasteiger partial charge on any atom is 0.338 e. The number of furan rings is 1. The van der Waals surface area contributed by atoms with Crippen molar-refractivity contribution >= 4 is 27.6 Å². The van der Waals surface area contributed by atoms with E-state index in [0.717, 1.165) is 0 Å². The number of hydrogen-bond donors (Lipinski definition) is 2. The molecule has 0 unspecified atom stereocenters. The van der Waals surface area contributed by atoms with Gasteiger partial charge < -0.3 is 14.5 Å². The Hall–Kier alpha value is -3.50. The third kappa shape index (κ3) is 5.74. The van der Waals surface area contributed by atoms with E-state index in [0.29, 0.717) is 5.76 Å². The Morgan fingerprint density at radius 3 is 2.59 bits per heavy atom. The topological polar surface area (TPSA) is 128 Å². The second-order valence-electron chi connectivity index (χ2n) is 5.79. The average molecular weight is 415 g/mol.